The predicted molar refractivity (Wildman–Crippen MR) is 158 cm³/mol. The number of nitrogens with one attached hydrogen (secondary N) is 1. The third-order valence-corrected chi connectivity index (χ3v) is 9.89. The Balaban J connectivity index is 1.50. The molecule has 44 heavy (non-hydrogen) atoms. The lowest BCUT2D eigenvalue weighted by atomic mass is 9.96. The molecule has 1 saturated carbocycles. The number of carbonyl (C=O) groups is 1. The molecule has 230 valence electrons. The van der Waals surface area contributed by atoms with E-state index in [0.717, 1.165) is 5.57 Å². The van der Waals surface area contributed by atoms with Crippen molar-refractivity contribution in [1.82, 2.24) is 34.4 Å². The average molecular weight is 643 g/mol. The number of carbonyl (C=O) groups excluding carboxylic acids is 1. The van der Waals surface area contributed by atoms with E-state index in [1.807, 2.05) is 19.1 Å². The van der Waals surface area contributed by atoms with Crippen LogP contribution < -0.4 is 4.72 Å². The molecule has 0 radical (unpaired) electrons. The van der Waals surface area contributed by atoms with Crippen molar-refractivity contribution in [3.8, 4) is 11.2 Å². The Morgan fingerprint density at radius 3 is 2.61 bits per heavy atom. The summed E-state index contributed by atoms with van der Waals surface area (Å²) in [5.41, 5.74) is 0.264. The highest BCUT2D eigenvalue weighted by atomic mass is 32.2. The Bertz CT molecular complexity index is 1990. The monoisotopic (exact) mass is 642 g/mol. The summed E-state index contributed by atoms with van der Waals surface area (Å²) in [5.74, 6) is 0. The number of fused-ring (bicyclic) bond motifs is 3. The molecule has 0 bridgehead atoms. The van der Waals surface area contributed by atoms with E-state index in [4.69, 9.17) is 4.74 Å². The first kappa shape index (κ1) is 30.0. The Morgan fingerprint density at radius 2 is 2.00 bits per heavy atom. The van der Waals surface area contributed by atoms with Gasteiger partial charge < -0.3 is 9.64 Å². The second-order valence-electron chi connectivity index (χ2n) is 11.9. The van der Waals surface area contributed by atoms with Gasteiger partial charge in [-0.3, -0.25) is 4.57 Å². The van der Waals surface area contributed by atoms with Crippen LogP contribution in [-0.2, 0) is 14.8 Å². The topological polar surface area (TPSA) is 156 Å². The number of ether oxygens (including phenoxy) is 1. The molecular formula is C28H28F2N8O4S2. The molecule has 1 amide bonds. The molecule has 6 rings (SSSR count). The molecule has 0 unspecified atom stereocenters. The molecule has 12 nitrogen and oxygen atoms in total. The largest absolute Gasteiger partial charge is 0.444 e. The first-order valence-corrected chi connectivity index (χ1v) is 16.1. The van der Waals surface area contributed by atoms with E-state index in [1.54, 1.807) is 31.7 Å². The normalized spacial score (nSPS) is 18.5. The maximum Gasteiger partial charge on any atom is 0.410 e. The van der Waals surface area contributed by atoms with Gasteiger partial charge in [-0.2, -0.15) is 9.98 Å². The number of sulfonamides is 1. The minimum absolute atomic E-state index is 0.0743. The zero-order valence-corrected chi connectivity index (χ0v) is 25.8. The summed E-state index contributed by atoms with van der Waals surface area (Å²) in [6, 6.07) is 6.23. The number of nitrogens with zero attached hydrogens (tertiary/aromatic N) is 7. The second kappa shape index (κ2) is 10.5. The molecular weight excluding hydrogens is 614 g/mol. The van der Waals surface area contributed by atoms with Crippen LogP contribution in [0.2, 0.25) is 0 Å². The van der Waals surface area contributed by atoms with Crippen molar-refractivity contribution in [2.75, 3.05) is 6.54 Å². The van der Waals surface area contributed by atoms with Crippen molar-refractivity contribution in [3.63, 3.8) is 0 Å². The molecule has 1 aromatic carbocycles. The van der Waals surface area contributed by atoms with Gasteiger partial charge in [0.05, 0.1) is 27.6 Å². The van der Waals surface area contributed by atoms with Crippen LogP contribution in [-0.4, -0.2) is 67.9 Å². The van der Waals surface area contributed by atoms with E-state index in [2.05, 4.69) is 24.9 Å². The number of alkyl halides is 2. The number of rotatable bonds is 6. The number of hydrogen-bond donors (Lipinski definition) is 1. The van der Waals surface area contributed by atoms with Gasteiger partial charge >= 0.3 is 6.09 Å². The smallest absolute Gasteiger partial charge is 0.410 e. The van der Waals surface area contributed by atoms with Gasteiger partial charge in [0.15, 0.2) is 10.7 Å². The van der Waals surface area contributed by atoms with Crippen LogP contribution in [0.3, 0.4) is 0 Å². The van der Waals surface area contributed by atoms with Crippen LogP contribution in [0.15, 0.2) is 35.5 Å². The SMILES string of the molecule is C[C@H]1CC(c2ncnc3c2c2ccc(S(=O)(=O)NC4(C#N)CC4)cc2n3-c2nnc(C(F)F)s2)=CCN1C(=O)OC(C)(C)C. The standard InChI is InChI=1S/C28H28F2N8O4S2/c1-15-11-16(7-10-37(15)26(39)42-27(2,3)4)21-20-18-6-5-17(44(40,41)36-28(13-31)8-9-28)12-19(18)38(23(20)33-14-32-21)25-35-34-24(43-25)22(29)30/h5-7,12,14-15,22,36H,8-11H2,1-4H3/t15-/m0/s1. The molecule has 2 aliphatic rings. The van der Waals surface area contributed by atoms with Gasteiger partial charge in [-0.1, -0.05) is 23.5 Å². The highest BCUT2D eigenvalue weighted by molar-refractivity contribution is 7.89. The molecule has 0 spiro atoms. The van der Waals surface area contributed by atoms with Gasteiger partial charge in [0.25, 0.3) is 6.43 Å². The molecule has 3 aromatic heterocycles. The highest BCUT2D eigenvalue weighted by Gasteiger charge is 2.47. The third kappa shape index (κ3) is 5.39. The Hall–Kier alpha value is -4.07. The number of nitriles is 1. The molecule has 1 atom stereocenters. The molecule has 1 N–H and O–H groups in total. The Kier molecular flexibility index (Phi) is 7.17. The van der Waals surface area contributed by atoms with E-state index in [1.165, 1.54) is 23.0 Å². The predicted octanol–water partition coefficient (Wildman–Crippen LogP) is 5.11. The third-order valence-electron chi connectivity index (χ3n) is 7.44. The molecule has 1 aliphatic carbocycles. The fourth-order valence-electron chi connectivity index (χ4n) is 5.17. The molecule has 4 heterocycles. The van der Waals surface area contributed by atoms with Crippen LogP contribution >= 0.6 is 11.3 Å². The first-order valence-electron chi connectivity index (χ1n) is 13.8. The minimum Gasteiger partial charge on any atom is -0.444 e. The van der Waals surface area contributed by atoms with Crippen molar-refractivity contribution in [2.45, 2.75) is 75.5 Å². The van der Waals surface area contributed by atoms with Crippen LogP contribution in [0.5, 0.6) is 0 Å². The maximum atomic E-state index is 13.5. The van der Waals surface area contributed by atoms with Gasteiger partial charge in [0.1, 0.15) is 17.5 Å². The van der Waals surface area contributed by atoms with Gasteiger partial charge in [0, 0.05) is 18.0 Å². The van der Waals surface area contributed by atoms with E-state index >= 15 is 0 Å². The van der Waals surface area contributed by atoms with E-state index < -0.39 is 38.7 Å². The van der Waals surface area contributed by atoms with Gasteiger partial charge in [-0.25, -0.2) is 32.0 Å². The summed E-state index contributed by atoms with van der Waals surface area (Å²) in [6.07, 6.45) is 1.21. The molecule has 1 fully saturated rings. The zero-order chi connectivity index (χ0) is 31.6. The number of amides is 1. The summed E-state index contributed by atoms with van der Waals surface area (Å²) < 4.78 is 63.1. The summed E-state index contributed by atoms with van der Waals surface area (Å²) in [6.45, 7) is 7.59. The van der Waals surface area contributed by atoms with Crippen molar-refractivity contribution in [3.05, 3.63) is 41.3 Å². The quantitative estimate of drug-likeness (QED) is 0.302. The number of halogens is 2. The Morgan fingerprint density at radius 1 is 1.25 bits per heavy atom. The van der Waals surface area contributed by atoms with Crippen molar-refractivity contribution in [1.29, 1.82) is 5.26 Å². The van der Waals surface area contributed by atoms with E-state index in [-0.39, 0.29) is 22.6 Å². The lowest BCUT2D eigenvalue weighted by Gasteiger charge is -2.34. The van der Waals surface area contributed by atoms with E-state index in [9.17, 15) is 27.3 Å². The van der Waals surface area contributed by atoms with Crippen LogP contribution in [0, 0.1) is 11.3 Å². The van der Waals surface area contributed by atoms with Gasteiger partial charge in [-0.05, 0) is 64.7 Å². The Labute approximate surface area is 255 Å². The van der Waals surface area contributed by atoms with Crippen molar-refractivity contribution in [2.24, 2.45) is 0 Å². The number of hydrogen-bond acceptors (Lipinski definition) is 10. The molecule has 4 aromatic rings. The van der Waals surface area contributed by atoms with Crippen molar-refractivity contribution >= 4 is 55.0 Å². The first-order chi connectivity index (χ1) is 20.7. The van der Waals surface area contributed by atoms with Crippen LogP contribution in [0.4, 0.5) is 13.6 Å². The maximum absolute atomic E-state index is 13.5. The van der Waals surface area contributed by atoms with E-state index in [0.29, 0.717) is 58.2 Å². The molecule has 0 saturated heterocycles. The summed E-state index contributed by atoms with van der Waals surface area (Å²) in [7, 11) is -4.10. The summed E-state index contributed by atoms with van der Waals surface area (Å²) >= 11 is 0.665. The van der Waals surface area contributed by atoms with Gasteiger partial charge in [-0.15, -0.1) is 10.2 Å². The number of aromatic nitrogens is 5. The molecule has 1 aliphatic heterocycles. The fourth-order valence-corrected chi connectivity index (χ4v) is 7.28. The summed E-state index contributed by atoms with van der Waals surface area (Å²) in [5, 5.41) is 17.7. The zero-order valence-electron chi connectivity index (χ0n) is 24.2. The average Bonchev–Trinajstić information content (AvgIpc) is 3.39. The minimum atomic E-state index is -4.10. The fraction of sp³-hybridized carbons (Fsp3) is 0.429. The highest BCUT2D eigenvalue weighted by Crippen LogP contribution is 2.40. The van der Waals surface area contributed by atoms with Crippen LogP contribution in [0.25, 0.3) is 32.6 Å². The summed E-state index contributed by atoms with van der Waals surface area (Å²) in [4.78, 5) is 23.4. The lowest BCUT2D eigenvalue weighted by Crippen LogP contribution is -2.44. The van der Waals surface area contributed by atoms with Crippen LogP contribution in [0.1, 0.15) is 64.1 Å². The number of benzene rings is 1. The molecule has 16 heteroatoms. The second-order valence-corrected chi connectivity index (χ2v) is 14.5. The van der Waals surface area contributed by atoms with Gasteiger partial charge in [0.2, 0.25) is 15.2 Å². The lowest BCUT2D eigenvalue weighted by molar-refractivity contribution is 0.0198. The van der Waals surface area contributed by atoms with Crippen molar-refractivity contribution < 1.29 is 26.7 Å².